The molecule has 2 N–H and O–H groups in total. The second-order valence-corrected chi connectivity index (χ2v) is 7.75. The molecule has 12 heteroatoms. The molecule has 1 heterocycles. The first-order chi connectivity index (χ1) is 17.7. The molecule has 3 rings (SSSR count). The Bertz CT molecular complexity index is 1040. The SMILES string of the molecule is COc1cc(CN2CCN(C(=O)c3c(OC)cccc3OC)CC2)cc(OC)c1OC.O=C(O)C(=O)O. The van der Waals surface area contributed by atoms with Gasteiger partial charge in [0.1, 0.15) is 17.1 Å². The number of carboxylic acids is 2. The van der Waals surface area contributed by atoms with E-state index in [9.17, 15) is 4.79 Å². The van der Waals surface area contributed by atoms with Crippen molar-refractivity contribution < 1.29 is 48.3 Å². The average molecular weight is 521 g/mol. The second kappa shape index (κ2) is 13.8. The fourth-order valence-corrected chi connectivity index (χ4v) is 3.81. The molecule has 1 aliphatic rings. The van der Waals surface area contributed by atoms with E-state index in [1.807, 2.05) is 23.1 Å². The molecule has 1 fully saturated rings. The molecule has 1 amide bonds. The number of piperazine rings is 1. The highest BCUT2D eigenvalue weighted by atomic mass is 16.5. The number of amides is 1. The molecule has 2 aromatic carbocycles. The Hall–Kier alpha value is -4.19. The molecule has 37 heavy (non-hydrogen) atoms. The summed E-state index contributed by atoms with van der Waals surface area (Å²) in [6, 6.07) is 9.27. The molecule has 12 nitrogen and oxygen atoms in total. The van der Waals surface area contributed by atoms with E-state index in [4.69, 9.17) is 43.5 Å². The van der Waals surface area contributed by atoms with Crippen molar-refractivity contribution in [3.05, 3.63) is 41.5 Å². The van der Waals surface area contributed by atoms with Crippen molar-refractivity contribution in [3.8, 4) is 28.7 Å². The minimum atomic E-state index is -1.82. The summed E-state index contributed by atoms with van der Waals surface area (Å²) < 4.78 is 27.1. The third kappa shape index (κ3) is 7.40. The third-order valence-electron chi connectivity index (χ3n) is 5.61. The van der Waals surface area contributed by atoms with Crippen LogP contribution in [0.1, 0.15) is 15.9 Å². The monoisotopic (exact) mass is 520 g/mol. The lowest BCUT2D eigenvalue weighted by Gasteiger charge is -2.35. The summed E-state index contributed by atoms with van der Waals surface area (Å²) in [7, 11) is 7.92. The van der Waals surface area contributed by atoms with Gasteiger partial charge in [-0.2, -0.15) is 0 Å². The van der Waals surface area contributed by atoms with Crippen LogP contribution in [0.4, 0.5) is 0 Å². The van der Waals surface area contributed by atoms with Crippen molar-refractivity contribution >= 4 is 17.8 Å². The Morgan fingerprint density at radius 2 is 1.19 bits per heavy atom. The van der Waals surface area contributed by atoms with Crippen LogP contribution in [-0.4, -0.2) is 99.6 Å². The van der Waals surface area contributed by atoms with Gasteiger partial charge in [-0.3, -0.25) is 9.69 Å². The van der Waals surface area contributed by atoms with E-state index in [1.165, 1.54) is 0 Å². The maximum atomic E-state index is 13.2. The van der Waals surface area contributed by atoms with E-state index in [0.29, 0.717) is 47.4 Å². The number of ether oxygens (including phenoxy) is 5. The van der Waals surface area contributed by atoms with Gasteiger partial charge >= 0.3 is 11.9 Å². The summed E-state index contributed by atoms with van der Waals surface area (Å²) in [6.07, 6.45) is 0. The third-order valence-corrected chi connectivity index (χ3v) is 5.61. The maximum Gasteiger partial charge on any atom is 0.414 e. The Labute approximate surface area is 214 Å². The van der Waals surface area contributed by atoms with Gasteiger partial charge in [0.05, 0.1) is 35.5 Å². The highest BCUT2D eigenvalue weighted by Gasteiger charge is 2.27. The quantitative estimate of drug-likeness (QED) is 0.492. The Balaban J connectivity index is 0.000000717. The van der Waals surface area contributed by atoms with Crippen LogP contribution in [0.25, 0.3) is 0 Å². The minimum absolute atomic E-state index is 0.0817. The van der Waals surface area contributed by atoms with Crippen LogP contribution in [0.3, 0.4) is 0 Å². The fourth-order valence-electron chi connectivity index (χ4n) is 3.81. The van der Waals surface area contributed by atoms with Crippen LogP contribution in [0.15, 0.2) is 30.3 Å². The molecule has 1 saturated heterocycles. The van der Waals surface area contributed by atoms with Gasteiger partial charge in [-0.15, -0.1) is 0 Å². The zero-order chi connectivity index (χ0) is 27.5. The summed E-state index contributed by atoms with van der Waals surface area (Å²) >= 11 is 0. The minimum Gasteiger partial charge on any atom is -0.496 e. The number of carboxylic acid groups (broad SMARTS) is 2. The lowest BCUT2D eigenvalue weighted by molar-refractivity contribution is -0.159. The highest BCUT2D eigenvalue weighted by molar-refractivity contribution is 6.27. The molecule has 0 bridgehead atoms. The van der Waals surface area contributed by atoms with Crippen molar-refractivity contribution in [1.29, 1.82) is 0 Å². The number of rotatable bonds is 8. The van der Waals surface area contributed by atoms with Crippen molar-refractivity contribution in [2.45, 2.75) is 6.54 Å². The summed E-state index contributed by atoms with van der Waals surface area (Å²) in [4.78, 5) is 35.5. The Morgan fingerprint density at radius 1 is 0.730 bits per heavy atom. The van der Waals surface area contributed by atoms with Gasteiger partial charge in [0.2, 0.25) is 5.75 Å². The summed E-state index contributed by atoms with van der Waals surface area (Å²) in [5.41, 5.74) is 1.52. The van der Waals surface area contributed by atoms with E-state index >= 15 is 0 Å². The molecule has 0 atom stereocenters. The zero-order valence-corrected chi connectivity index (χ0v) is 21.5. The number of hydrogen-bond donors (Lipinski definition) is 2. The average Bonchev–Trinajstić information content (AvgIpc) is 2.92. The normalized spacial score (nSPS) is 13.1. The van der Waals surface area contributed by atoms with Crippen LogP contribution < -0.4 is 23.7 Å². The molecular weight excluding hydrogens is 488 g/mol. The molecule has 0 spiro atoms. The van der Waals surface area contributed by atoms with E-state index in [1.54, 1.807) is 47.7 Å². The molecule has 2 aromatic rings. The second-order valence-electron chi connectivity index (χ2n) is 7.75. The van der Waals surface area contributed by atoms with Crippen LogP contribution >= 0.6 is 0 Å². The fraction of sp³-hybridized carbons (Fsp3) is 0.400. The molecule has 0 aromatic heterocycles. The van der Waals surface area contributed by atoms with E-state index in [2.05, 4.69) is 4.90 Å². The Kier molecular flexibility index (Phi) is 10.8. The molecule has 0 aliphatic carbocycles. The summed E-state index contributed by atoms with van der Waals surface area (Å²) in [5, 5.41) is 14.8. The number of hydrogen-bond acceptors (Lipinski definition) is 9. The van der Waals surface area contributed by atoms with Gasteiger partial charge in [-0.25, -0.2) is 9.59 Å². The lowest BCUT2D eigenvalue weighted by atomic mass is 10.1. The summed E-state index contributed by atoms with van der Waals surface area (Å²) in [5.74, 6) is -0.849. The highest BCUT2D eigenvalue weighted by Crippen LogP contribution is 2.38. The first-order valence-corrected chi connectivity index (χ1v) is 11.2. The molecule has 1 aliphatic heterocycles. The maximum absolute atomic E-state index is 13.2. The standard InChI is InChI=1S/C23H30N2O6.C2H2O4/c1-27-17-7-6-8-18(28-2)21(17)23(26)25-11-9-24(10-12-25)15-16-13-19(29-3)22(31-5)20(14-16)30-4;3-1(4)2(5)6/h6-8,13-14H,9-12,15H2,1-5H3;(H,3,4)(H,5,6). The molecule has 0 unspecified atom stereocenters. The lowest BCUT2D eigenvalue weighted by Crippen LogP contribution is -2.48. The number of aliphatic carboxylic acids is 2. The number of carbonyl (C=O) groups excluding carboxylic acids is 1. The van der Waals surface area contributed by atoms with Crippen molar-refractivity contribution in [3.63, 3.8) is 0 Å². The van der Waals surface area contributed by atoms with Crippen LogP contribution in [0.2, 0.25) is 0 Å². The van der Waals surface area contributed by atoms with Crippen molar-refractivity contribution in [2.24, 2.45) is 0 Å². The predicted octanol–water partition coefficient (Wildman–Crippen LogP) is 1.84. The van der Waals surface area contributed by atoms with Crippen LogP contribution in [0, 0.1) is 0 Å². The van der Waals surface area contributed by atoms with Crippen LogP contribution in [-0.2, 0) is 16.1 Å². The first-order valence-electron chi connectivity index (χ1n) is 11.2. The van der Waals surface area contributed by atoms with Crippen LogP contribution in [0.5, 0.6) is 28.7 Å². The van der Waals surface area contributed by atoms with Gasteiger partial charge in [-0.1, -0.05) is 6.07 Å². The predicted molar refractivity (Wildman–Crippen MR) is 132 cm³/mol. The molecule has 0 saturated carbocycles. The molecular formula is C25H32N2O10. The Morgan fingerprint density at radius 3 is 1.57 bits per heavy atom. The molecule has 202 valence electrons. The number of benzene rings is 2. The topological polar surface area (TPSA) is 144 Å². The van der Waals surface area contributed by atoms with Gasteiger partial charge in [0, 0.05) is 32.7 Å². The van der Waals surface area contributed by atoms with Crippen molar-refractivity contribution in [1.82, 2.24) is 9.80 Å². The number of methoxy groups -OCH3 is 5. The van der Waals surface area contributed by atoms with Gasteiger partial charge in [0.15, 0.2) is 11.5 Å². The van der Waals surface area contributed by atoms with E-state index < -0.39 is 11.9 Å². The largest absolute Gasteiger partial charge is 0.496 e. The van der Waals surface area contributed by atoms with Crippen molar-refractivity contribution in [2.75, 3.05) is 61.7 Å². The van der Waals surface area contributed by atoms with Gasteiger partial charge in [-0.05, 0) is 29.8 Å². The summed E-state index contributed by atoms with van der Waals surface area (Å²) in [6.45, 7) is 3.45. The van der Waals surface area contributed by atoms with Gasteiger partial charge < -0.3 is 38.8 Å². The van der Waals surface area contributed by atoms with E-state index in [0.717, 1.165) is 25.2 Å². The zero-order valence-electron chi connectivity index (χ0n) is 21.5. The van der Waals surface area contributed by atoms with Gasteiger partial charge in [0.25, 0.3) is 5.91 Å². The number of carbonyl (C=O) groups is 3. The van der Waals surface area contributed by atoms with E-state index in [-0.39, 0.29) is 5.91 Å². The number of nitrogens with zero attached hydrogens (tertiary/aromatic N) is 2. The smallest absolute Gasteiger partial charge is 0.414 e. The molecule has 0 radical (unpaired) electrons. The first kappa shape index (κ1) is 29.0.